The second-order valence-corrected chi connectivity index (χ2v) is 15.1. The summed E-state index contributed by atoms with van der Waals surface area (Å²) in [5.41, 5.74) is 0. The van der Waals surface area contributed by atoms with Crippen LogP contribution in [0.25, 0.3) is 0 Å². The van der Waals surface area contributed by atoms with Gasteiger partial charge in [0.25, 0.3) is 0 Å². The molecule has 0 atom stereocenters. The second kappa shape index (κ2) is 41.0. The molecule has 0 rings (SSSR count). The topological polar surface area (TPSA) is 82.1 Å². The van der Waals surface area contributed by atoms with E-state index in [-0.39, 0.29) is 37.5 Å². The van der Waals surface area contributed by atoms with Gasteiger partial charge < -0.3 is 19.1 Å². The van der Waals surface area contributed by atoms with E-state index in [0.717, 1.165) is 64.5 Å². The standard InChI is InChI=1S/C46H85NO6/c1-5-8-10-12-14-16-18-20-22-24-26-28-30-32-34-37-44(48)51-41-43(53-46(50)39-36-40-47(4)7-3)42-52-45(49)38-35-33-31-29-27-25-23-21-19-17-15-13-11-9-6-2/h20-23,43H,5-19,24-42H2,1-4H3. The molecule has 0 amide bonds. The van der Waals surface area contributed by atoms with E-state index in [1.54, 1.807) is 0 Å². The van der Waals surface area contributed by atoms with Gasteiger partial charge in [0.1, 0.15) is 13.2 Å². The lowest BCUT2D eigenvalue weighted by Crippen LogP contribution is -2.31. The number of esters is 3. The monoisotopic (exact) mass is 748 g/mol. The summed E-state index contributed by atoms with van der Waals surface area (Å²) in [6, 6.07) is 0. The van der Waals surface area contributed by atoms with Gasteiger partial charge >= 0.3 is 17.9 Å². The van der Waals surface area contributed by atoms with Crippen molar-refractivity contribution in [3.63, 3.8) is 0 Å². The summed E-state index contributed by atoms with van der Waals surface area (Å²) in [7, 11) is 2.01. The lowest BCUT2D eigenvalue weighted by Gasteiger charge is -2.19. The molecular weight excluding hydrogens is 663 g/mol. The van der Waals surface area contributed by atoms with Crippen LogP contribution in [0.15, 0.2) is 24.3 Å². The van der Waals surface area contributed by atoms with E-state index < -0.39 is 6.10 Å². The van der Waals surface area contributed by atoms with Crippen molar-refractivity contribution in [3.05, 3.63) is 24.3 Å². The molecule has 0 radical (unpaired) electrons. The Morgan fingerprint density at radius 1 is 0.453 bits per heavy atom. The number of unbranched alkanes of at least 4 members (excludes halogenated alkanes) is 22. The van der Waals surface area contributed by atoms with E-state index >= 15 is 0 Å². The number of carbonyl (C=O) groups excluding carboxylic acids is 3. The smallest absolute Gasteiger partial charge is 0.306 e. The molecule has 0 aliphatic heterocycles. The van der Waals surface area contributed by atoms with Gasteiger partial charge in [-0.2, -0.15) is 0 Å². The Morgan fingerprint density at radius 2 is 0.792 bits per heavy atom. The summed E-state index contributed by atoms with van der Waals surface area (Å²) in [5.74, 6) is -0.957. The molecule has 0 aromatic heterocycles. The third-order valence-corrected chi connectivity index (χ3v) is 9.90. The molecule has 0 fully saturated rings. The van der Waals surface area contributed by atoms with Crippen molar-refractivity contribution in [1.82, 2.24) is 4.90 Å². The molecule has 0 saturated carbocycles. The minimum absolute atomic E-state index is 0.0921. The average Bonchev–Trinajstić information content (AvgIpc) is 3.15. The fourth-order valence-corrected chi connectivity index (χ4v) is 6.21. The quantitative estimate of drug-likeness (QED) is 0.0267. The van der Waals surface area contributed by atoms with Gasteiger partial charge in [0.05, 0.1) is 0 Å². The molecule has 53 heavy (non-hydrogen) atoms. The molecule has 310 valence electrons. The highest BCUT2D eigenvalue weighted by atomic mass is 16.6. The summed E-state index contributed by atoms with van der Waals surface area (Å²) in [6.07, 6.45) is 41.5. The zero-order chi connectivity index (χ0) is 38.9. The van der Waals surface area contributed by atoms with Crippen molar-refractivity contribution in [1.29, 1.82) is 0 Å². The number of hydrogen-bond donors (Lipinski definition) is 0. The summed E-state index contributed by atoms with van der Waals surface area (Å²) in [4.78, 5) is 39.6. The van der Waals surface area contributed by atoms with Crippen LogP contribution in [0.1, 0.15) is 213 Å². The predicted molar refractivity (Wildman–Crippen MR) is 223 cm³/mol. The number of nitrogens with zero attached hydrogens (tertiary/aromatic N) is 1. The number of allylic oxidation sites excluding steroid dienone is 4. The molecule has 7 nitrogen and oxygen atoms in total. The SMILES string of the molecule is CCCCCCCCC=CCCCCCCCC(=O)OCC(COC(=O)CCCCCCCC=CCCCCCCCC)OC(=O)CCCN(C)CC. The van der Waals surface area contributed by atoms with Crippen LogP contribution >= 0.6 is 0 Å². The van der Waals surface area contributed by atoms with Crippen LogP contribution in [0.5, 0.6) is 0 Å². The molecule has 0 heterocycles. The second-order valence-electron chi connectivity index (χ2n) is 15.1. The van der Waals surface area contributed by atoms with Gasteiger partial charge in [0.2, 0.25) is 0 Å². The highest BCUT2D eigenvalue weighted by Gasteiger charge is 2.19. The van der Waals surface area contributed by atoms with Crippen molar-refractivity contribution in [2.45, 2.75) is 219 Å². The lowest BCUT2D eigenvalue weighted by atomic mass is 10.1. The molecule has 0 aliphatic carbocycles. The van der Waals surface area contributed by atoms with Crippen molar-refractivity contribution < 1.29 is 28.6 Å². The minimum atomic E-state index is -0.789. The first-order chi connectivity index (χ1) is 25.9. The third kappa shape index (κ3) is 39.4. The molecule has 0 unspecified atom stereocenters. The van der Waals surface area contributed by atoms with Crippen molar-refractivity contribution in [2.75, 3.05) is 33.4 Å². The highest BCUT2D eigenvalue weighted by molar-refractivity contribution is 5.71. The van der Waals surface area contributed by atoms with Crippen LogP contribution in [0.3, 0.4) is 0 Å². The fourth-order valence-electron chi connectivity index (χ4n) is 6.21. The van der Waals surface area contributed by atoms with Gasteiger partial charge in [0, 0.05) is 19.3 Å². The van der Waals surface area contributed by atoms with Crippen LogP contribution < -0.4 is 0 Å². The van der Waals surface area contributed by atoms with Crippen LogP contribution in [-0.4, -0.2) is 62.3 Å². The maximum Gasteiger partial charge on any atom is 0.306 e. The van der Waals surface area contributed by atoms with E-state index in [1.165, 1.54) is 116 Å². The lowest BCUT2D eigenvalue weighted by molar-refractivity contribution is -0.167. The first kappa shape index (κ1) is 50.9. The Kier molecular flexibility index (Phi) is 39.4. The predicted octanol–water partition coefficient (Wildman–Crippen LogP) is 12.8. The Labute approximate surface area is 327 Å². The summed E-state index contributed by atoms with van der Waals surface area (Å²) >= 11 is 0. The number of rotatable bonds is 40. The van der Waals surface area contributed by atoms with Crippen LogP contribution in [-0.2, 0) is 28.6 Å². The highest BCUT2D eigenvalue weighted by Crippen LogP contribution is 2.13. The van der Waals surface area contributed by atoms with Crippen molar-refractivity contribution >= 4 is 17.9 Å². The average molecular weight is 748 g/mol. The van der Waals surface area contributed by atoms with Gasteiger partial charge in [-0.25, -0.2) is 0 Å². The Morgan fingerprint density at radius 3 is 1.17 bits per heavy atom. The van der Waals surface area contributed by atoms with Gasteiger partial charge in [-0.3, -0.25) is 14.4 Å². The summed E-state index contributed by atoms with van der Waals surface area (Å²) in [6.45, 7) is 8.12. The molecule has 7 heteroatoms. The maximum atomic E-state index is 12.5. The normalized spacial score (nSPS) is 12.2. The molecular formula is C46H85NO6. The molecule has 0 aliphatic rings. The van der Waals surface area contributed by atoms with E-state index in [1.807, 2.05) is 7.05 Å². The number of hydrogen-bond acceptors (Lipinski definition) is 7. The van der Waals surface area contributed by atoms with Crippen molar-refractivity contribution in [3.8, 4) is 0 Å². The van der Waals surface area contributed by atoms with E-state index in [0.29, 0.717) is 19.3 Å². The Hall–Kier alpha value is -2.15. The van der Waals surface area contributed by atoms with E-state index in [4.69, 9.17) is 14.2 Å². The molecule has 0 saturated heterocycles. The van der Waals surface area contributed by atoms with Crippen LogP contribution in [0.2, 0.25) is 0 Å². The van der Waals surface area contributed by atoms with E-state index in [9.17, 15) is 14.4 Å². The van der Waals surface area contributed by atoms with Gasteiger partial charge in [-0.1, -0.05) is 148 Å². The van der Waals surface area contributed by atoms with Gasteiger partial charge in [0.15, 0.2) is 6.10 Å². The Bertz CT molecular complexity index is 831. The number of carbonyl (C=O) groups is 3. The van der Waals surface area contributed by atoms with Crippen LogP contribution in [0.4, 0.5) is 0 Å². The van der Waals surface area contributed by atoms with Crippen molar-refractivity contribution in [2.24, 2.45) is 0 Å². The fraction of sp³-hybridized carbons (Fsp3) is 0.848. The van der Waals surface area contributed by atoms with Gasteiger partial charge in [-0.15, -0.1) is 0 Å². The third-order valence-electron chi connectivity index (χ3n) is 9.90. The van der Waals surface area contributed by atoms with Crippen LogP contribution in [0, 0.1) is 0 Å². The largest absolute Gasteiger partial charge is 0.462 e. The summed E-state index contributed by atoms with van der Waals surface area (Å²) in [5, 5.41) is 0. The first-order valence-corrected chi connectivity index (χ1v) is 22.4. The zero-order valence-corrected chi connectivity index (χ0v) is 35.3. The molecule has 0 bridgehead atoms. The summed E-state index contributed by atoms with van der Waals surface area (Å²) < 4.78 is 16.6. The number of ether oxygens (including phenoxy) is 3. The minimum Gasteiger partial charge on any atom is -0.462 e. The molecule has 0 aromatic rings. The van der Waals surface area contributed by atoms with E-state index in [2.05, 4.69) is 50.0 Å². The van der Waals surface area contributed by atoms with Gasteiger partial charge in [-0.05, 0) is 90.8 Å². The molecule has 0 N–H and O–H groups in total. The zero-order valence-electron chi connectivity index (χ0n) is 35.3. The first-order valence-electron chi connectivity index (χ1n) is 22.4. The molecule has 0 aromatic carbocycles. The molecule has 0 spiro atoms. The Balaban J connectivity index is 4.21. The maximum absolute atomic E-state index is 12.5.